The molecule has 4 rings (SSSR count). The molecule has 0 aliphatic heterocycles. The van der Waals surface area contributed by atoms with Crippen molar-refractivity contribution in [2.45, 2.75) is 0 Å². The number of ether oxygens (including phenoxy) is 1. The second-order valence-electron chi connectivity index (χ2n) is 5.95. The third-order valence-electron chi connectivity index (χ3n) is 4.21. The number of hydrogen-bond acceptors (Lipinski definition) is 5. The number of aromatic amines is 1. The van der Waals surface area contributed by atoms with Gasteiger partial charge in [0.15, 0.2) is 5.82 Å². The monoisotopic (exact) mass is 392 g/mol. The average Bonchev–Trinajstić information content (AvgIpc) is 3.38. The van der Waals surface area contributed by atoms with E-state index in [1.807, 2.05) is 11.4 Å². The lowest BCUT2D eigenvalue weighted by Crippen LogP contribution is -2.18. The number of H-pyrrole nitrogens is 1. The van der Waals surface area contributed by atoms with Crippen molar-refractivity contribution in [1.29, 1.82) is 0 Å². The second-order valence-corrected chi connectivity index (χ2v) is 6.73. The summed E-state index contributed by atoms with van der Waals surface area (Å²) in [5.41, 5.74) is 2.06. The standard InChI is InChI=1S/C20H16N4O3S/c1-27-13-6-7-14-17(10-13)23-24-18(14)22-20(26)15-4-2-3-5-16(15)21-19(25)12-8-9-28-11-12/h2-11H,1H3,(H,21,25)(H2,22,23,24,26). The minimum Gasteiger partial charge on any atom is -0.497 e. The highest BCUT2D eigenvalue weighted by molar-refractivity contribution is 7.08. The number of benzene rings is 2. The Morgan fingerprint density at radius 2 is 1.93 bits per heavy atom. The Bertz CT molecular complexity index is 1150. The first-order valence-corrected chi connectivity index (χ1v) is 9.36. The number of carbonyl (C=O) groups excluding carboxylic acids is 2. The van der Waals surface area contributed by atoms with Crippen LogP contribution in [0.5, 0.6) is 5.75 Å². The van der Waals surface area contributed by atoms with Crippen LogP contribution in [-0.4, -0.2) is 29.1 Å². The fourth-order valence-corrected chi connectivity index (χ4v) is 3.41. The Kier molecular flexibility index (Phi) is 4.77. The Hall–Kier alpha value is -3.65. The largest absolute Gasteiger partial charge is 0.497 e. The molecular weight excluding hydrogens is 376 g/mol. The van der Waals surface area contributed by atoms with Crippen LogP contribution in [0.1, 0.15) is 20.7 Å². The van der Waals surface area contributed by atoms with Crippen LogP contribution in [0, 0.1) is 0 Å². The Morgan fingerprint density at radius 1 is 1.07 bits per heavy atom. The van der Waals surface area contributed by atoms with Gasteiger partial charge in [0.25, 0.3) is 11.8 Å². The Labute approximate surface area is 164 Å². The highest BCUT2D eigenvalue weighted by Gasteiger charge is 2.16. The summed E-state index contributed by atoms with van der Waals surface area (Å²) in [4.78, 5) is 25.2. The van der Waals surface area contributed by atoms with E-state index in [0.29, 0.717) is 28.4 Å². The molecule has 2 aromatic heterocycles. The van der Waals surface area contributed by atoms with Gasteiger partial charge in [-0.05, 0) is 35.7 Å². The van der Waals surface area contributed by atoms with E-state index >= 15 is 0 Å². The van der Waals surface area contributed by atoms with Gasteiger partial charge >= 0.3 is 0 Å². The summed E-state index contributed by atoms with van der Waals surface area (Å²) >= 11 is 1.43. The number of methoxy groups -OCH3 is 1. The van der Waals surface area contributed by atoms with E-state index in [1.165, 1.54) is 11.3 Å². The van der Waals surface area contributed by atoms with Crippen molar-refractivity contribution in [3.8, 4) is 5.75 Å². The van der Waals surface area contributed by atoms with E-state index in [-0.39, 0.29) is 11.8 Å². The van der Waals surface area contributed by atoms with Crippen molar-refractivity contribution >= 4 is 45.6 Å². The zero-order valence-electron chi connectivity index (χ0n) is 14.9. The quantitative estimate of drug-likeness (QED) is 0.476. The van der Waals surface area contributed by atoms with Crippen molar-refractivity contribution in [1.82, 2.24) is 10.2 Å². The molecule has 0 saturated carbocycles. The van der Waals surface area contributed by atoms with Crippen LogP contribution in [-0.2, 0) is 0 Å². The molecule has 7 nitrogen and oxygen atoms in total. The highest BCUT2D eigenvalue weighted by Crippen LogP contribution is 2.26. The zero-order chi connectivity index (χ0) is 19.5. The molecule has 28 heavy (non-hydrogen) atoms. The van der Waals surface area contributed by atoms with Crippen molar-refractivity contribution in [3.05, 3.63) is 70.4 Å². The minimum absolute atomic E-state index is 0.265. The predicted molar refractivity (Wildman–Crippen MR) is 109 cm³/mol. The molecule has 0 fully saturated rings. The van der Waals surface area contributed by atoms with Crippen LogP contribution < -0.4 is 15.4 Å². The second kappa shape index (κ2) is 7.53. The summed E-state index contributed by atoms with van der Waals surface area (Å²) < 4.78 is 5.19. The van der Waals surface area contributed by atoms with E-state index in [0.717, 1.165) is 10.9 Å². The SMILES string of the molecule is COc1ccc2c(NC(=O)c3ccccc3NC(=O)c3ccsc3)n[nH]c2c1. The molecule has 0 atom stereocenters. The van der Waals surface area contributed by atoms with Crippen molar-refractivity contribution < 1.29 is 14.3 Å². The van der Waals surface area contributed by atoms with Gasteiger partial charge in [0.05, 0.1) is 29.4 Å². The number of aromatic nitrogens is 2. The first kappa shape index (κ1) is 17.7. The van der Waals surface area contributed by atoms with Gasteiger partial charge in [-0.1, -0.05) is 12.1 Å². The van der Waals surface area contributed by atoms with Crippen molar-refractivity contribution in [2.24, 2.45) is 0 Å². The number of nitrogens with one attached hydrogen (secondary N) is 3. The fourth-order valence-electron chi connectivity index (χ4n) is 2.77. The number of amides is 2. The molecule has 0 aliphatic carbocycles. The van der Waals surface area contributed by atoms with Gasteiger partial charge in [-0.25, -0.2) is 0 Å². The van der Waals surface area contributed by atoms with Crippen LogP contribution in [0.4, 0.5) is 11.5 Å². The zero-order valence-corrected chi connectivity index (χ0v) is 15.7. The molecule has 0 bridgehead atoms. The summed E-state index contributed by atoms with van der Waals surface area (Å²) in [5, 5.41) is 17.0. The third kappa shape index (κ3) is 3.45. The smallest absolute Gasteiger partial charge is 0.258 e. The number of thiophene rings is 1. The summed E-state index contributed by atoms with van der Waals surface area (Å²) in [7, 11) is 1.58. The van der Waals surface area contributed by atoms with E-state index < -0.39 is 0 Å². The lowest BCUT2D eigenvalue weighted by molar-refractivity contribution is 0.102. The number of nitrogens with zero attached hydrogens (tertiary/aromatic N) is 1. The van der Waals surface area contributed by atoms with Crippen LogP contribution in [0.2, 0.25) is 0 Å². The molecule has 0 saturated heterocycles. The number of para-hydroxylation sites is 1. The van der Waals surface area contributed by atoms with Gasteiger partial charge in [0.1, 0.15) is 5.75 Å². The van der Waals surface area contributed by atoms with Crippen LogP contribution >= 0.6 is 11.3 Å². The van der Waals surface area contributed by atoms with E-state index in [2.05, 4.69) is 20.8 Å². The maximum Gasteiger partial charge on any atom is 0.258 e. The first-order chi connectivity index (χ1) is 13.7. The van der Waals surface area contributed by atoms with Gasteiger partial charge in [0, 0.05) is 16.8 Å². The van der Waals surface area contributed by atoms with Gasteiger partial charge in [-0.15, -0.1) is 0 Å². The van der Waals surface area contributed by atoms with Gasteiger partial charge in [0.2, 0.25) is 0 Å². The predicted octanol–water partition coefficient (Wildman–Crippen LogP) is 4.14. The third-order valence-corrected chi connectivity index (χ3v) is 4.89. The number of rotatable bonds is 5. The first-order valence-electron chi connectivity index (χ1n) is 8.42. The topological polar surface area (TPSA) is 96.1 Å². The van der Waals surface area contributed by atoms with Crippen molar-refractivity contribution in [2.75, 3.05) is 17.7 Å². The number of hydrogen-bond donors (Lipinski definition) is 3. The van der Waals surface area contributed by atoms with Crippen LogP contribution in [0.25, 0.3) is 10.9 Å². The molecule has 140 valence electrons. The number of fused-ring (bicyclic) bond motifs is 1. The molecule has 2 amide bonds. The molecule has 2 heterocycles. The molecule has 0 spiro atoms. The van der Waals surface area contributed by atoms with E-state index in [9.17, 15) is 9.59 Å². The maximum atomic E-state index is 12.8. The van der Waals surface area contributed by atoms with Crippen LogP contribution in [0.15, 0.2) is 59.3 Å². The summed E-state index contributed by atoms with van der Waals surface area (Å²) in [6.45, 7) is 0. The Morgan fingerprint density at radius 3 is 2.71 bits per heavy atom. The lowest BCUT2D eigenvalue weighted by Gasteiger charge is -2.10. The molecule has 2 aromatic carbocycles. The molecule has 8 heteroatoms. The van der Waals surface area contributed by atoms with E-state index in [1.54, 1.807) is 55.0 Å². The molecule has 3 N–H and O–H groups in total. The average molecular weight is 392 g/mol. The summed E-state index contributed by atoms with van der Waals surface area (Å²) in [5.74, 6) is 0.460. The number of anilines is 2. The summed E-state index contributed by atoms with van der Waals surface area (Å²) in [6, 6.07) is 14.0. The van der Waals surface area contributed by atoms with Gasteiger partial charge in [-0.2, -0.15) is 16.4 Å². The van der Waals surface area contributed by atoms with Gasteiger partial charge in [-0.3, -0.25) is 14.7 Å². The summed E-state index contributed by atoms with van der Waals surface area (Å²) in [6.07, 6.45) is 0. The fraction of sp³-hybridized carbons (Fsp3) is 0.0500. The minimum atomic E-state index is -0.370. The van der Waals surface area contributed by atoms with E-state index in [4.69, 9.17) is 4.74 Å². The molecular formula is C20H16N4O3S. The Balaban J connectivity index is 1.58. The molecule has 0 radical (unpaired) electrons. The van der Waals surface area contributed by atoms with Crippen LogP contribution in [0.3, 0.4) is 0 Å². The highest BCUT2D eigenvalue weighted by atomic mass is 32.1. The molecule has 0 aliphatic rings. The van der Waals surface area contributed by atoms with Gasteiger partial charge < -0.3 is 15.4 Å². The van der Waals surface area contributed by atoms with Crippen molar-refractivity contribution in [3.63, 3.8) is 0 Å². The number of carbonyl (C=O) groups is 2. The lowest BCUT2D eigenvalue weighted by atomic mass is 10.1. The normalized spacial score (nSPS) is 10.6. The molecule has 4 aromatic rings. The maximum absolute atomic E-state index is 12.8. The molecule has 0 unspecified atom stereocenters.